The van der Waals surface area contributed by atoms with Gasteiger partial charge in [0.15, 0.2) is 0 Å². The van der Waals surface area contributed by atoms with Crippen LogP contribution in [-0.4, -0.2) is 31.0 Å². The van der Waals surface area contributed by atoms with Gasteiger partial charge < -0.3 is 10.1 Å². The Bertz CT molecular complexity index is 717. The summed E-state index contributed by atoms with van der Waals surface area (Å²) in [6, 6.07) is 16.1. The van der Waals surface area contributed by atoms with Gasteiger partial charge in [-0.3, -0.25) is 9.69 Å². The van der Waals surface area contributed by atoms with Crippen molar-refractivity contribution in [1.29, 1.82) is 0 Å². The maximum Gasteiger partial charge on any atom is 0.251 e. The number of ether oxygens (including phenoxy) is 1. The molecular formula is C23H30N2O2. The number of hydrogen-bond acceptors (Lipinski definition) is 3. The molecule has 144 valence electrons. The van der Waals surface area contributed by atoms with Gasteiger partial charge in [-0.15, -0.1) is 0 Å². The molecule has 0 aromatic heterocycles. The van der Waals surface area contributed by atoms with E-state index in [2.05, 4.69) is 41.4 Å². The van der Waals surface area contributed by atoms with Crippen LogP contribution >= 0.6 is 0 Å². The van der Waals surface area contributed by atoms with E-state index >= 15 is 0 Å². The van der Waals surface area contributed by atoms with Crippen LogP contribution in [0.4, 0.5) is 0 Å². The Kier molecular flexibility index (Phi) is 7.02. The number of rotatable bonds is 7. The van der Waals surface area contributed by atoms with Gasteiger partial charge in [0.2, 0.25) is 0 Å². The molecule has 1 amide bonds. The van der Waals surface area contributed by atoms with Crippen molar-refractivity contribution in [3.05, 3.63) is 70.8 Å². The molecule has 0 atom stereocenters. The number of carbonyl (C=O) groups excluding carboxylic acids is 1. The fraction of sp³-hybridized carbons (Fsp3) is 0.435. The van der Waals surface area contributed by atoms with Gasteiger partial charge in [0.25, 0.3) is 5.91 Å². The molecular weight excluding hydrogens is 336 g/mol. The zero-order valence-electron chi connectivity index (χ0n) is 16.4. The average Bonchev–Trinajstić information content (AvgIpc) is 2.70. The Balaban J connectivity index is 1.47. The molecule has 0 radical (unpaired) electrons. The molecule has 0 saturated carbocycles. The standard InChI is InChI=1S/C23H30N2O2/c1-18-11-13-25(14-12-18)16-20-5-3-19(4-6-20)15-24-23(26)22-9-7-21(8-10-22)17-27-2/h3-10,18H,11-17H2,1-2H3,(H,24,26). The minimum absolute atomic E-state index is 0.0505. The third kappa shape index (κ3) is 5.91. The van der Waals surface area contributed by atoms with Crippen molar-refractivity contribution in [2.45, 2.75) is 39.5 Å². The lowest BCUT2D eigenvalue weighted by atomic mass is 9.99. The van der Waals surface area contributed by atoms with Crippen molar-refractivity contribution in [3.8, 4) is 0 Å². The molecule has 0 aliphatic carbocycles. The number of benzene rings is 2. The maximum absolute atomic E-state index is 12.3. The molecule has 1 N–H and O–H groups in total. The lowest BCUT2D eigenvalue weighted by Crippen LogP contribution is -2.32. The number of nitrogens with zero attached hydrogens (tertiary/aromatic N) is 1. The van der Waals surface area contributed by atoms with Gasteiger partial charge in [0, 0.05) is 25.8 Å². The fourth-order valence-electron chi connectivity index (χ4n) is 3.44. The zero-order chi connectivity index (χ0) is 19.1. The van der Waals surface area contributed by atoms with Crippen molar-refractivity contribution in [1.82, 2.24) is 10.2 Å². The molecule has 2 aromatic carbocycles. The van der Waals surface area contributed by atoms with Gasteiger partial charge in [-0.05, 0) is 60.7 Å². The van der Waals surface area contributed by atoms with Crippen LogP contribution in [0.25, 0.3) is 0 Å². The van der Waals surface area contributed by atoms with Crippen LogP contribution in [0.3, 0.4) is 0 Å². The van der Waals surface area contributed by atoms with Gasteiger partial charge in [-0.25, -0.2) is 0 Å². The van der Waals surface area contributed by atoms with Crippen molar-refractivity contribution in [2.75, 3.05) is 20.2 Å². The van der Waals surface area contributed by atoms with E-state index in [0.717, 1.165) is 23.6 Å². The minimum Gasteiger partial charge on any atom is -0.380 e. The topological polar surface area (TPSA) is 41.6 Å². The molecule has 27 heavy (non-hydrogen) atoms. The van der Waals surface area contributed by atoms with Gasteiger partial charge in [0.1, 0.15) is 0 Å². The third-order valence-electron chi connectivity index (χ3n) is 5.29. The summed E-state index contributed by atoms with van der Waals surface area (Å²) < 4.78 is 5.09. The van der Waals surface area contributed by atoms with Crippen LogP contribution in [0.5, 0.6) is 0 Å². The largest absolute Gasteiger partial charge is 0.380 e. The summed E-state index contributed by atoms with van der Waals surface area (Å²) in [6.45, 7) is 6.86. The van der Waals surface area contributed by atoms with Crippen molar-refractivity contribution in [2.24, 2.45) is 5.92 Å². The second-order valence-electron chi connectivity index (χ2n) is 7.59. The van der Waals surface area contributed by atoms with Crippen molar-refractivity contribution in [3.63, 3.8) is 0 Å². The van der Waals surface area contributed by atoms with Crippen molar-refractivity contribution < 1.29 is 9.53 Å². The highest BCUT2D eigenvalue weighted by molar-refractivity contribution is 5.94. The molecule has 0 spiro atoms. The summed E-state index contributed by atoms with van der Waals surface area (Å²) in [5.74, 6) is 0.814. The Morgan fingerprint density at radius 3 is 2.22 bits per heavy atom. The molecule has 1 aliphatic rings. The van der Waals surface area contributed by atoms with Gasteiger partial charge in [0.05, 0.1) is 6.61 Å². The average molecular weight is 367 g/mol. The summed E-state index contributed by atoms with van der Waals surface area (Å²) in [5, 5.41) is 2.99. The molecule has 2 aromatic rings. The summed E-state index contributed by atoms with van der Waals surface area (Å²) in [7, 11) is 1.67. The molecule has 4 nitrogen and oxygen atoms in total. The third-order valence-corrected chi connectivity index (χ3v) is 5.29. The van der Waals surface area contributed by atoms with E-state index in [0.29, 0.717) is 18.7 Å². The molecule has 3 rings (SSSR count). The number of hydrogen-bond donors (Lipinski definition) is 1. The quantitative estimate of drug-likeness (QED) is 0.805. The zero-order valence-corrected chi connectivity index (χ0v) is 16.4. The van der Waals surface area contributed by atoms with Gasteiger partial charge >= 0.3 is 0 Å². The van der Waals surface area contributed by atoms with Crippen LogP contribution in [0, 0.1) is 5.92 Å². The first kappa shape index (κ1) is 19.6. The first-order valence-corrected chi connectivity index (χ1v) is 9.80. The van der Waals surface area contributed by atoms with Crippen molar-refractivity contribution >= 4 is 5.91 Å². The molecule has 1 aliphatic heterocycles. The molecule has 1 heterocycles. The summed E-state index contributed by atoms with van der Waals surface area (Å²) in [6.07, 6.45) is 2.60. The maximum atomic E-state index is 12.3. The summed E-state index contributed by atoms with van der Waals surface area (Å²) in [4.78, 5) is 14.8. The Hall–Kier alpha value is -2.17. The first-order valence-electron chi connectivity index (χ1n) is 9.80. The number of carbonyl (C=O) groups is 1. The highest BCUT2D eigenvalue weighted by Crippen LogP contribution is 2.18. The van der Waals surface area contributed by atoms with Crippen LogP contribution in [0.1, 0.15) is 46.8 Å². The summed E-state index contributed by atoms with van der Waals surface area (Å²) in [5.41, 5.74) is 4.20. The normalized spacial score (nSPS) is 15.6. The van der Waals surface area contributed by atoms with E-state index in [1.165, 1.54) is 31.5 Å². The Morgan fingerprint density at radius 1 is 1.00 bits per heavy atom. The first-order chi connectivity index (χ1) is 13.1. The lowest BCUT2D eigenvalue weighted by Gasteiger charge is -2.30. The number of piperidine rings is 1. The van der Waals surface area contributed by atoms with Crippen LogP contribution < -0.4 is 5.32 Å². The predicted octanol–water partition coefficient (Wildman–Crippen LogP) is 3.99. The molecule has 0 bridgehead atoms. The van der Waals surface area contributed by atoms with E-state index in [-0.39, 0.29) is 5.91 Å². The van der Waals surface area contributed by atoms with Gasteiger partial charge in [-0.1, -0.05) is 43.3 Å². The van der Waals surface area contributed by atoms with E-state index in [9.17, 15) is 4.79 Å². The van der Waals surface area contributed by atoms with E-state index < -0.39 is 0 Å². The molecule has 1 saturated heterocycles. The Labute approximate surface area is 162 Å². The fourth-order valence-corrected chi connectivity index (χ4v) is 3.44. The molecule has 1 fully saturated rings. The second-order valence-corrected chi connectivity index (χ2v) is 7.59. The number of amides is 1. The number of nitrogens with one attached hydrogen (secondary N) is 1. The lowest BCUT2D eigenvalue weighted by molar-refractivity contribution is 0.0951. The monoisotopic (exact) mass is 366 g/mol. The van der Waals surface area contributed by atoms with Gasteiger partial charge in [-0.2, -0.15) is 0 Å². The highest BCUT2D eigenvalue weighted by Gasteiger charge is 2.15. The molecule has 4 heteroatoms. The second kappa shape index (κ2) is 9.67. The smallest absolute Gasteiger partial charge is 0.251 e. The number of methoxy groups -OCH3 is 1. The number of likely N-dealkylation sites (tertiary alicyclic amines) is 1. The minimum atomic E-state index is -0.0505. The van der Waals surface area contributed by atoms with E-state index in [1.54, 1.807) is 7.11 Å². The molecule has 0 unspecified atom stereocenters. The Morgan fingerprint density at radius 2 is 1.59 bits per heavy atom. The predicted molar refractivity (Wildman–Crippen MR) is 108 cm³/mol. The highest BCUT2D eigenvalue weighted by atomic mass is 16.5. The summed E-state index contributed by atoms with van der Waals surface area (Å²) >= 11 is 0. The van der Waals surface area contributed by atoms with E-state index in [1.807, 2.05) is 24.3 Å². The van der Waals surface area contributed by atoms with E-state index in [4.69, 9.17) is 4.74 Å². The van der Waals surface area contributed by atoms with Crippen LogP contribution in [0.2, 0.25) is 0 Å². The van der Waals surface area contributed by atoms with Crippen LogP contribution in [-0.2, 0) is 24.4 Å². The van der Waals surface area contributed by atoms with Crippen LogP contribution in [0.15, 0.2) is 48.5 Å². The SMILES string of the molecule is COCc1ccc(C(=O)NCc2ccc(CN3CCC(C)CC3)cc2)cc1.